The summed E-state index contributed by atoms with van der Waals surface area (Å²) in [5, 5.41) is 2.88. The van der Waals surface area contributed by atoms with E-state index in [1.54, 1.807) is 35.2 Å². The van der Waals surface area contributed by atoms with Gasteiger partial charge in [0, 0.05) is 30.6 Å². The summed E-state index contributed by atoms with van der Waals surface area (Å²) in [7, 11) is 0. The summed E-state index contributed by atoms with van der Waals surface area (Å²) in [6.07, 6.45) is 2.97. The second kappa shape index (κ2) is 10.7. The molecular formula is C22H21ClN4O3S. The highest BCUT2D eigenvalue weighted by Gasteiger charge is 2.34. The number of nitrogens with one attached hydrogen (secondary N) is 3. The minimum Gasteiger partial charge on any atom is -0.338 e. The Bertz CT molecular complexity index is 1010. The monoisotopic (exact) mass is 456 g/mol. The molecule has 9 heteroatoms. The van der Waals surface area contributed by atoms with Gasteiger partial charge in [-0.3, -0.25) is 30.6 Å². The smallest absolute Gasteiger partial charge is 0.250 e. The number of thiocarbonyl (C=S) groups is 1. The van der Waals surface area contributed by atoms with Crippen LogP contribution < -0.4 is 16.2 Å². The van der Waals surface area contributed by atoms with Crippen molar-refractivity contribution < 1.29 is 14.4 Å². The molecule has 0 radical (unpaired) electrons. The first-order chi connectivity index (χ1) is 14.9. The lowest BCUT2D eigenvalue weighted by Gasteiger charge is -2.17. The fourth-order valence-electron chi connectivity index (χ4n) is 3.09. The van der Waals surface area contributed by atoms with Gasteiger partial charge in [-0.1, -0.05) is 60.1 Å². The fourth-order valence-corrected chi connectivity index (χ4v) is 3.44. The van der Waals surface area contributed by atoms with Gasteiger partial charge in [0.25, 0.3) is 0 Å². The minimum atomic E-state index is -0.498. The number of halogens is 1. The van der Waals surface area contributed by atoms with Crippen molar-refractivity contribution in [2.75, 3.05) is 6.54 Å². The van der Waals surface area contributed by atoms with Crippen LogP contribution in [0.3, 0.4) is 0 Å². The number of carbonyl (C=O) groups is 3. The standard InChI is InChI=1S/C22H21ClN4O3S/c23-18-9-5-4-8-16(18)10-11-19(28)24-22(31)26-25-21(30)17-12-20(29)27(14-17)13-15-6-2-1-3-7-15/h1-11,17H,12-14H2,(H,25,30)(H2,24,26,28,31)/b11-10+. The van der Waals surface area contributed by atoms with Crippen molar-refractivity contribution in [2.24, 2.45) is 5.92 Å². The molecule has 1 atom stereocenters. The Morgan fingerprint density at radius 3 is 2.55 bits per heavy atom. The molecule has 160 valence electrons. The van der Waals surface area contributed by atoms with Gasteiger partial charge in [0.1, 0.15) is 0 Å². The highest BCUT2D eigenvalue weighted by molar-refractivity contribution is 7.80. The predicted octanol–water partition coefficient (Wildman–Crippen LogP) is 2.42. The summed E-state index contributed by atoms with van der Waals surface area (Å²) in [5.74, 6) is -1.42. The summed E-state index contributed by atoms with van der Waals surface area (Å²) in [6.45, 7) is 0.782. The predicted molar refractivity (Wildman–Crippen MR) is 122 cm³/mol. The highest BCUT2D eigenvalue weighted by Crippen LogP contribution is 2.20. The van der Waals surface area contributed by atoms with Crippen LogP contribution in [-0.4, -0.2) is 34.3 Å². The Hall–Kier alpha value is -3.23. The molecular weight excluding hydrogens is 436 g/mol. The maximum atomic E-state index is 12.4. The molecule has 31 heavy (non-hydrogen) atoms. The van der Waals surface area contributed by atoms with Crippen molar-refractivity contribution >= 4 is 52.7 Å². The maximum Gasteiger partial charge on any atom is 0.250 e. The van der Waals surface area contributed by atoms with Crippen LogP contribution in [0.4, 0.5) is 0 Å². The van der Waals surface area contributed by atoms with Crippen molar-refractivity contribution in [1.82, 2.24) is 21.1 Å². The van der Waals surface area contributed by atoms with Gasteiger partial charge in [-0.15, -0.1) is 0 Å². The number of nitrogens with zero attached hydrogens (tertiary/aromatic N) is 1. The zero-order valence-electron chi connectivity index (χ0n) is 16.5. The molecule has 1 unspecified atom stereocenters. The number of hydrogen-bond donors (Lipinski definition) is 3. The van der Waals surface area contributed by atoms with E-state index in [9.17, 15) is 14.4 Å². The third kappa shape index (κ3) is 6.63. The number of hydrazine groups is 1. The summed E-state index contributed by atoms with van der Waals surface area (Å²) in [5.41, 5.74) is 6.63. The van der Waals surface area contributed by atoms with Gasteiger partial charge in [-0.2, -0.15) is 0 Å². The van der Waals surface area contributed by atoms with Crippen molar-refractivity contribution in [3.8, 4) is 0 Å². The van der Waals surface area contributed by atoms with Gasteiger partial charge in [-0.25, -0.2) is 0 Å². The van der Waals surface area contributed by atoms with Gasteiger partial charge in [-0.05, 0) is 35.5 Å². The van der Waals surface area contributed by atoms with E-state index in [0.717, 1.165) is 5.56 Å². The van der Waals surface area contributed by atoms with Crippen LogP contribution in [0.2, 0.25) is 5.02 Å². The summed E-state index contributed by atoms with van der Waals surface area (Å²) < 4.78 is 0. The van der Waals surface area contributed by atoms with Crippen LogP contribution in [-0.2, 0) is 20.9 Å². The topological polar surface area (TPSA) is 90.5 Å². The third-order valence-corrected chi connectivity index (χ3v) is 5.21. The SMILES string of the molecule is O=C(/C=C/c1ccccc1Cl)NC(=S)NNC(=O)C1CC(=O)N(Cc2ccccc2)C1. The van der Waals surface area contributed by atoms with Gasteiger partial charge in [0.2, 0.25) is 17.7 Å². The number of carbonyl (C=O) groups excluding carboxylic acids is 3. The van der Waals surface area contributed by atoms with E-state index in [-0.39, 0.29) is 23.3 Å². The Morgan fingerprint density at radius 2 is 1.81 bits per heavy atom. The third-order valence-electron chi connectivity index (χ3n) is 4.66. The molecule has 1 heterocycles. The fraction of sp³-hybridized carbons (Fsp3) is 0.182. The molecule has 3 amide bonds. The number of benzene rings is 2. The molecule has 1 saturated heterocycles. The molecule has 1 aliphatic rings. The van der Waals surface area contributed by atoms with Crippen molar-refractivity contribution in [3.63, 3.8) is 0 Å². The van der Waals surface area contributed by atoms with E-state index in [0.29, 0.717) is 23.7 Å². The summed E-state index contributed by atoms with van der Waals surface area (Å²) in [4.78, 5) is 38.2. The lowest BCUT2D eigenvalue weighted by atomic mass is 10.1. The molecule has 3 rings (SSSR count). The first kappa shape index (κ1) is 22.5. The molecule has 7 nitrogen and oxygen atoms in total. The molecule has 1 aliphatic heterocycles. The average molecular weight is 457 g/mol. The molecule has 3 N–H and O–H groups in total. The highest BCUT2D eigenvalue weighted by atomic mass is 35.5. The zero-order chi connectivity index (χ0) is 22.2. The van der Waals surface area contributed by atoms with Gasteiger partial charge < -0.3 is 4.90 Å². The van der Waals surface area contributed by atoms with Crippen LogP contribution in [0.5, 0.6) is 0 Å². The van der Waals surface area contributed by atoms with Gasteiger partial charge >= 0.3 is 0 Å². The second-order valence-corrected chi connectivity index (χ2v) is 7.76. The van der Waals surface area contributed by atoms with Crippen LogP contribution >= 0.6 is 23.8 Å². The molecule has 0 aliphatic carbocycles. The lowest BCUT2D eigenvalue weighted by Crippen LogP contribution is -2.50. The first-order valence-corrected chi connectivity index (χ1v) is 10.4. The summed E-state index contributed by atoms with van der Waals surface area (Å²) >= 11 is 11.0. The summed E-state index contributed by atoms with van der Waals surface area (Å²) in [6, 6.07) is 16.7. The lowest BCUT2D eigenvalue weighted by molar-refractivity contribution is -0.129. The van der Waals surface area contributed by atoms with Crippen molar-refractivity contribution in [3.05, 3.63) is 76.8 Å². The number of amides is 3. The Morgan fingerprint density at radius 1 is 1.10 bits per heavy atom. The minimum absolute atomic E-state index is 0.0624. The Kier molecular flexibility index (Phi) is 7.75. The van der Waals surface area contributed by atoms with E-state index >= 15 is 0 Å². The number of likely N-dealkylation sites (tertiary alicyclic amines) is 1. The van der Waals surface area contributed by atoms with Crippen LogP contribution in [0, 0.1) is 5.92 Å². The molecule has 1 fully saturated rings. The van der Waals surface area contributed by atoms with E-state index < -0.39 is 11.8 Å². The molecule has 2 aromatic rings. The Labute approximate surface area is 190 Å². The van der Waals surface area contributed by atoms with Crippen LogP contribution in [0.1, 0.15) is 17.5 Å². The maximum absolute atomic E-state index is 12.4. The van der Waals surface area contributed by atoms with E-state index in [2.05, 4.69) is 16.2 Å². The quantitative estimate of drug-likeness (QED) is 0.365. The van der Waals surface area contributed by atoms with Crippen LogP contribution in [0.25, 0.3) is 6.08 Å². The second-order valence-electron chi connectivity index (χ2n) is 6.95. The number of hydrogen-bond acceptors (Lipinski definition) is 4. The number of rotatable bonds is 5. The molecule has 0 spiro atoms. The average Bonchev–Trinajstić information content (AvgIpc) is 3.12. The van der Waals surface area contributed by atoms with E-state index in [4.69, 9.17) is 23.8 Å². The van der Waals surface area contributed by atoms with E-state index in [1.165, 1.54) is 6.08 Å². The first-order valence-electron chi connectivity index (χ1n) is 9.57. The molecule has 0 aromatic heterocycles. The van der Waals surface area contributed by atoms with Gasteiger partial charge in [0.15, 0.2) is 5.11 Å². The zero-order valence-corrected chi connectivity index (χ0v) is 18.1. The van der Waals surface area contributed by atoms with Crippen molar-refractivity contribution in [2.45, 2.75) is 13.0 Å². The largest absolute Gasteiger partial charge is 0.338 e. The molecule has 2 aromatic carbocycles. The molecule has 0 saturated carbocycles. The van der Waals surface area contributed by atoms with Crippen LogP contribution in [0.15, 0.2) is 60.7 Å². The van der Waals surface area contributed by atoms with E-state index in [1.807, 2.05) is 30.3 Å². The normalized spacial score (nSPS) is 15.7. The van der Waals surface area contributed by atoms with Gasteiger partial charge in [0.05, 0.1) is 5.92 Å². The Balaban J connectivity index is 1.43. The molecule has 0 bridgehead atoms. The van der Waals surface area contributed by atoms with Crippen molar-refractivity contribution in [1.29, 1.82) is 0 Å².